The number of amides is 1. The Morgan fingerprint density at radius 3 is 2.86 bits per heavy atom. The SMILES string of the molecule is Cc1cc(-c2ccc(F)cc2C#N)nn2c(C(N)=O)ncc12. The molecule has 3 aromatic rings. The molecule has 3 rings (SSSR count). The highest BCUT2D eigenvalue weighted by Gasteiger charge is 2.15. The minimum absolute atomic E-state index is 0.000527. The average Bonchev–Trinajstić information content (AvgIpc) is 2.91. The van der Waals surface area contributed by atoms with Crippen molar-refractivity contribution in [1.82, 2.24) is 14.6 Å². The van der Waals surface area contributed by atoms with Crippen molar-refractivity contribution in [3.63, 3.8) is 0 Å². The van der Waals surface area contributed by atoms with Gasteiger partial charge in [-0.1, -0.05) is 0 Å². The molecule has 0 spiro atoms. The number of benzene rings is 1. The van der Waals surface area contributed by atoms with Crippen molar-refractivity contribution in [3.05, 3.63) is 53.2 Å². The number of hydrogen-bond acceptors (Lipinski definition) is 4. The molecular formula is C15H10FN5O. The van der Waals surface area contributed by atoms with Gasteiger partial charge >= 0.3 is 0 Å². The fraction of sp³-hybridized carbons (Fsp3) is 0.0667. The monoisotopic (exact) mass is 295 g/mol. The van der Waals surface area contributed by atoms with E-state index in [2.05, 4.69) is 10.1 Å². The molecule has 0 fully saturated rings. The summed E-state index contributed by atoms with van der Waals surface area (Å²) in [5.74, 6) is -1.21. The number of carbonyl (C=O) groups excluding carboxylic acids is 1. The molecule has 1 amide bonds. The van der Waals surface area contributed by atoms with Gasteiger partial charge in [0.2, 0.25) is 5.82 Å². The molecule has 0 bridgehead atoms. The number of nitrogens with zero attached hydrogens (tertiary/aromatic N) is 4. The van der Waals surface area contributed by atoms with Crippen LogP contribution in [0.1, 0.15) is 21.7 Å². The summed E-state index contributed by atoms with van der Waals surface area (Å²) < 4.78 is 14.6. The lowest BCUT2D eigenvalue weighted by molar-refractivity contribution is 0.0988. The van der Waals surface area contributed by atoms with Crippen LogP contribution >= 0.6 is 0 Å². The van der Waals surface area contributed by atoms with E-state index in [1.807, 2.05) is 13.0 Å². The maximum absolute atomic E-state index is 13.3. The summed E-state index contributed by atoms with van der Waals surface area (Å²) in [4.78, 5) is 15.3. The van der Waals surface area contributed by atoms with Crippen molar-refractivity contribution in [3.8, 4) is 17.3 Å². The highest BCUT2D eigenvalue weighted by Crippen LogP contribution is 2.24. The maximum Gasteiger partial charge on any atom is 0.286 e. The third kappa shape index (κ3) is 2.07. The van der Waals surface area contributed by atoms with E-state index in [-0.39, 0.29) is 11.4 Å². The first-order valence-corrected chi connectivity index (χ1v) is 6.36. The minimum atomic E-state index is -0.705. The summed E-state index contributed by atoms with van der Waals surface area (Å²) in [6.07, 6.45) is 1.50. The second kappa shape index (κ2) is 4.93. The average molecular weight is 295 g/mol. The number of imidazole rings is 1. The molecule has 6 nitrogen and oxygen atoms in total. The Labute approximate surface area is 124 Å². The number of hydrogen-bond donors (Lipinski definition) is 1. The van der Waals surface area contributed by atoms with Crippen LogP contribution in [0.25, 0.3) is 16.8 Å². The van der Waals surface area contributed by atoms with Crippen LogP contribution < -0.4 is 5.73 Å². The molecule has 0 atom stereocenters. The van der Waals surface area contributed by atoms with Gasteiger partial charge in [0.1, 0.15) is 5.82 Å². The lowest BCUT2D eigenvalue weighted by Gasteiger charge is -2.07. The van der Waals surface area contributed by atoms with Gasteiger partial charge in [-0.15, -0.1) is 0 Å². The van der Waals surface area contributed by atoms with Crippen LogP contribution in [0.15, 0.2) is 30.5 Å². The molecule has 0 saturated heterocycles. The molecule has 0 aliphatic heterocycles. The van der Waals surface area contributed by atoms with Crippen molar-refractivity contribution in [2.45, 2.75) is 6.92 Å². The second-order valence-electron chi connectivity index (χ2n) is 4.76. The Hall–Kier alpha value is -3.27. The summed E-state index contributed by atoms with van der Waals surface area (Å²) in [5.41, 5.74) is 7.78. The van der Waals surface area contributed by atoms with Crippen LogP contribution in [0, 0.1) is 24.1 Å². The maximum atomic E-state index is 13.3. The Kier molecular flexibility index (Phi) is 3.07. The van der Waals surface area contributed by atoms with Gasteiger partial charge in [0, 0.05) is 5.56 Å². The first-order valence-electron chi connectivity index (χ1n) is 6.36. The van der Waals surface area contributed by atoms with Gasteiger partial charge in [-0.05, 0) is 36.8 Å². The van der Waals surface area contributed by atoms with E-state index in [9.17, 15) is 9.18 Å². The van der Waals surface area contributed by atoms with Crippen molar-refractivity contribution in [1.29, 1.82) is 5.26 Å². The highest BCUT2D eigenvalue weighted by molar-refractivity contribution is 5.90. The topological polar surface area (TPSA) is 97.1 Å². The molecule has 0 aliphatic rings. The predicted molar refractivity (Wildman–Crippen MR) is 76.4 cm³/mol. The summed E-state index contributed by atoms with van der Waals surface area (Å²) in [6, 6.07) is 7.55. The zero-order valence-corrected chi connectivity index (χ0v) is 11.5. The fourth-order valence-corrected chi connectivity index (χ4v) is 2.26. The van der Waals surface area contributed by atoms with Gasteiger partial charge in [0.15, 0.2) is 0 Å². The Balaban J connectivity index is 2.31. The standard InChI is InChI=1S/C15H10FN5O/c1-8-4-12(11-3-2-10(16)5-9(11)6-17)20-21-13(8)7-19-15(21)14(18)22/h2-5,7H,1H3,(H2,18,22). The first-order chi connectivity index (χ1) is 10.5. The summed E-state index contributed by atoms with van der Waals surface area (Å²) in [7, 11) is 0. The van der Waals surface area contributed by atoms with Gasteiger partial charge in [0.25, 0.3) is 5.91 Å². The Morgan fingerprint density at radius 1 is 1.41 bits per heavy atom. The van der Waals surface area contributed by atoms with Crippen molar-refractivity contribution >= 4 is 11.4 Å². The Morgan fingerprint density at radius 2 is 2.18 bits per heavy atom. The van der Waals surface area contributed by atoms with Crippen molar-refractivity contribution in [2.24, 2.45) is 5.73 Å². The van der Waals surface area contributed by atoms with E-state index in [0.29, 0.717) is 16.8 Å². The molecule has 7 heteroatoms. The first kappa shape index (κ1) is 13.7. The molecular weight excluding hydrogens is 285 g/mol. The molecule has 0 unspecified atom stereocenters. The minimum Gasteiger partial charge on any atom is -0.363 e. The van der Waals surface area contributed by atoms with Crippen LogP contribution in [-0.4, -0.2) is 20.5 Å². The van der Waals surface area contributed by atoms with E-state index in [4.69, 9.17) is 11.0 Å². The number of rotatable bonds is 2. The van der Waals surface area contributed by atoms with Gasteiger partial charge in [-0.2, -0.15) is 10.4 Å². The van der Waals surface area contributed by atoms with E-state index in [0.717, 1.165) is 11.6 Å². The summed E-state index contributed by atoms with van der Waals surface area (Å²) >= 11 is 0. The van der Waals surface area contributed by atoms with Crippen molar-refractivity contribution < 1.29 is 9.18 Å². The summed E-state index contributed by atoms with van der Waals surface area (Å²) in [5, 5.41) is 13.5. The second-order valence-corrected chi connectivity index (χ2v) is 4.76. The third-order valence-corrected chi connectivity index (χ3v) is 3.30. The molecule has 2 heterocycles. The van der Waals surface area contributed by atoms with Crippen LogP contribution in [-0.2, 0) is 0 Å². The molecule has 2 aromatic heterocycles. The smallest absolute Gasteiger partial charge is 0.286 e. The van der Waals surface area contributed by atoms with Crippen LogP contribution in [0.2, 0.25) is 0 Å². The number of fused-ring (bicyclic) bond motifs is 1. The number of aromatic nitrogens is 3. The molecule has 0 radical (unpaired) electrons. The Bertz CT molecular complexity index is 954. The molecule has 108 valence electrons. The van der Waals surface area contributed by atoms with E-state index < -0.39 is 11.7 Å². The molecule has 22 heavy (non-hydrogen) atoms. The third-order valence-electron chi connectivity index (χ3n) is 3.30. The quantitative estimate of drug-likeness (QED) is 0.779. The van der Waals surface area contributed by atoms with Gasteiger partial charge in [-0.25, -0.2) is 13.9 Å². The summed E-state index contributed by atoms with van der Waals surface area (Å²) in [6.45, 7) is 1.82. The molecule has 0 saturated carbocycles. The van der Waals surface area contributed by atoms with Crippen LogP contribution in [0.5, 0.6) is 0 Å². The number of nitrogens with two attached hydrogens (primary N) is 1. The number of halogens is 1. The molecule has 0 aliphatic carbocycles. The highest BCUT2D eigenvalue weighted by atomic mass is 19.1. The lowest BCUT2D eigenvalue weighted by atomic mass is 10.0. The number of primary amides is 1. The zero-order chi connectivity index (χ0) is 15.9. The largest absolute Gasteiger partial charge is 0.363 e. The van der Waals surface area contributed by atoms with Crippen molar-refractivity contribution in [2.75, 3.05) is 0 Å². The van der Waals surface area contributed by atoms with E-state index >= 15 is 0 Å². The van der Waals surface area contributed by atoms with Gasteiger partial charge in [0.05, 0.1) is 29.0 Å². The lowest BCUT2D eigenvalue weighted by Crippen LogP contribution is -2.16. The van der Waals surface area contributed by atoms with E-state index in [1.54, 1.807) is 6.07 Å². The normalized spacial score (nSPS) is 10.6. The number of nitriles is 1. The number of carbonyl (C=O) groups is 1. The van der Waals surface area contributed by atoms with Crippen LogP contribution in [0.3, 0.4) is 0 Å². The number of aryl methyl sites for hydroxylation is 1. The van der Waals surface area contributed by atoms with E-state index in [1.165, 1.54) is 22.8 Å². The van der Waals surface area contributed by atoms with Gasteiger partial charge in [-0.3, -0.25) is 4.79 Å². The molecule has 1 aromatic carbocycles. The predicted octanol–water partition coefficient (Wildman–Crippen LogP) is 1.81. The fourth-order valence-electron chi connectivity index (χ4n) is 2.26. The van der Waals surface area contributed by atoms with Gasteiger partial charge < -0.3 is 5.73 Å². The van der Waals surface area contributed by atoms with Crippen LogP contribution in [0.4, 0.5) is 4.39 Å². The zero-order valence-electron chi connectivity index (χ0n) is 11.5. The molecule has 2 N–H and O–H groups in total.